The molecule has 0 aliphatic rings. The van der Waals surface area contributed by atoms with E-state index in [-0.39, 0.29) is 37.4 Å². The number of furan rings is 1. The van der Waals surface area contributed by atoms with E-state index in [2.05, 4.69) is 199 Å². The number of rotatable bonds is 9. The number of aromatic nitrogens is 4. The molecule has 7 heteroatoms. The van der Waals surface area contributed by atoms with Crippen molar-refractivity contribution in [1.82, 2.24) is 14.5 Å². The van der Waals surface area contributed by atoms with E-state index < -0.39 is 14.9 Å². The molecule has 0 fully saturated rings. The summed E-state index contributed by atoms with van der Waals surface area (Å²) in [6, 6.07) is 56.2. The van der Waals surface area contributed by atoms with Gasteiger partial charge < -0.3 is 9.40 Å². The second kappa shape index (κ2) is 19.4. The van der Waals surface area contributed by atoms with E-state index in [4.69, 9.17) is 18.5 Å². The first-order valence-electron chi connectivity index (χ1n) is 24.8. The van der Waals surface area contributed by atoms with Crippen molar-refractivity contribution in [3.8, 4) is 39.5 Å². The van der Waals surface area contributed by atoms with Crippen molar-refractivity contribution in [2.75, 3.05) is 0 Å². The monoisotopic (exact) mass is 1090 g/mol. The Hall–Kier alpha value is -6.24. The summed E-state index contributed by atoms with van der Waals surface area (Å²) in [5.74, 6) is 1.41. The Morgan fingerprint density at radius 1 is 0.750 bits per heavy atom. The number of aryl methyl sites for hydroxylation is 2. The van der Waals surface area contributed by atoms with Crippen LogP contribution < -0.4 is 9.75 Å². The van der Waals surface area contributed by atoms with Crippen molar-refractivity contribution in [2.24, 2.45) is 7.05 Å². The van der Waals surface area contributed by atoms with Crippen molar-refractivity contribution >= 4 is 46.4 Å². The molecular formula is C61H61IrN4OSi-. The maximum absolute atomic E-state index is 7.56. The third-order valence-corrected chi connectivity index (χ3v) is 15.1. The normalized spacial score (nSPS) is 12.7. The largest absolute Gasteiger partial charge is 0.500 e. The molecule has 4 heterocycles. The maximum atomic E-state index is 7.56. The Kier molecular flexibility index (Phi) is 12.6. The average molecular weight is 1090 g/mol. The fourth-order valence-electron chi connectivity index (χ4n) is 9.38. The van der Waals surface area contributed by atoms with E-state index in [0.717, 1.165) is 55.7 Å². The van der Waals surface area contributed by atoms with Crippen molar-refractivity contribution < 1.29 is 33.2 Å². The fourth-order valence-corrected chi connectivity index (χ4v) is 11.0. The van der Waals surface area contributed by atoms with Crippen LogP contribution in [0.4, 0.5) is 0 Å². The molecule has 0 amide bonds. The molecule has 0 N–H and O–H groups in total. The van der Waals surface area contributed by atoms with Gasteiger partial charge in [-0.1, -0.05) is 158 Å². The van der Waals surface area contributed by atoms with E-state index in [9.17, 15) is 0 Å². The number of para-hydroxylation sites is 1. The summed E-state index contributed by atoms with van der Waals surface area (Å²) in [4.78, 5) is 10.0. The van der Waals surface area contributed by atoms with E-state index in [1.165, 1.54) is 44.3 Å². The number of hydrogen-bond donors (Lipinski definition) is 0. The quantitative estimate of drug-likeness (QED) is 0.0822. The zero-order valence-electron chi connectivity index (χ0n) is 43.7. The van der Waals surface area contributed by atoms with Crippen molar-refractivity contribution in [1.29, 1.82) is 0 Å². The van der Waals surface area contributed by atoms with Crippen LogP contribution >= 0.6 is 0 Å². The Labute approximate surface area is 421 Å². The zero-order valence-corrected chi connectivity index (χ0v) is 44.1. The van der Waals surface area contributed by atoms with Crippen LogP contribution in [-0.4, -0.2) is 22.6 Å². The van der Waals surface area contributed by atoms with Gasteiger partial charge in [0.05, 0.1) is 26.9 Å². The molecule has 0 saturated heterocycles. The first-order chi connectivity index (χ1) is 33.3. The molecule has 0 aliphatic carbocycles. The fraction of sp³-hybridized carbons (Fsp3) is 0.230. The van der Waals surface area contributed by atoms with Crippen LogP contribution in [0.3, 0.4) is 0 Å². The van der Waals surface area contributed by atoms with Gasteiger partial charge in [-0.25, -0.2) is 14.1 Å². The summed E-state index contributed by atoms with van der Waals surface area (Å²) in [5, 5.41) is 3.52. The Morgan fingerprint density at radius 2 is 1.43 bits per heavy atom. The summed E-state index contributed by atoms with van der Waals surface area (Å²) < 4.78 is 33.7. The van der Waals surface area contributed by atoms with Gasteiger partial charge in [0.2, 0.25) is 0 Å². The first kappa shape index (κ1) is 44.3. The third kappa shape index (κ3) is 9.20. The number of fused-ring (bicyclic) bond motifs is 4. The predicted molar refractivity (Wildman–Crippen MR) is 282 cm³/mol. The smallest absolute Gasteiger partial charge is 0.304 e. The van der Waals surface area contributed by atoms with Gasteiger partial charge in [0.25, 0.3) is 0 Å². The minimum atomic E-state index is -2.12. The molecule has 68 heavy (non-hydrogen) atoms. The van der Waals surface area contributed by atoms with E-state index in [1.54, 1.807) is 18.2 Å². The topological polar surface area (TPSA) is 47.7 Å². The summed E-state index contributed by atoms with van der Waals surface area (Å²) in [6.45, 7) is 18.5. The van der Waals surface area contributed by atoms with Crippen LogP contribution in [0.25, 0.3) is 72.6 Å². The van der Waals surface area contributed by atoms with Crippen molar-refractivity contribution in [2.45, 2.75) is 85.3 Å². The van der Waals surface area contributed by atoms with Crippen LogP contribution in [0.2, 0.25) is 19.6 Å². The summed E-state index contributed by atoms with van der Waals surface area (Å²) >= 11 is 0. The van der Waals surface area contributed by atoms with Gasteiger partial charge in [0.1, 0.15) is 16.8 Å². The van der Waals surface area contributed by atoms with Gasteiger partial charge in [0.15, 0.2) is 5.82 Å². The van der Waals surface area contributed by atoms with Gasteiger partial charge in [-0.2, -0.15) is 0 Å². The minimum Gasteiger partial charge on any atom is -0.500 e. The maximum Gasteiger partial charge on any atom is 0.304 e. The second-order valence-electron chi connectivity index (χ2n) is 19.8. The molecule has 1 radical (unpaired) electrons. The molecule has 0 saturated carbocycles. The van der Waals surface area contributed by atoms with E-state index >= 15 is 0 Å². The number of imidazole rings is 1. The Morgan fingerprint density at radius 3 is 2.07 bits per heavy atom. The molecule has 6 aromatic carbocycles. The van der Waals surface area contributed by atoms with Crippen LogP contribution in [0, 0.1) is 19.0 Å². The second-order valence-corrected chi connectivity index (χ2v) is 24.9. The SMILES string of the molecule is CC(C)c1cc(-c2ccccc2)cc(C(C)C)c1-n1c(-c2[c-]ccc3c2oc2ccccc23)nc2ccc[n+](C)c21.[2H]C([2H])([2H])c1c[c-]c(-c2cc(C(C)(C)c3ccccc3)c([Si](C)(C)C)cn2)cc1.[Ir]. The molecule has 4 aromatic heterocycles. The van der Waals surface area contributed by atoms with E-state index in [1.807, 2.05) is 30.5 Å². The molecule has 5 nitrogen and oxygen atoms in total. The molecule has 0 spiro atoms. The molecule has 0 aliphatic heterocycles. The Bertz CT molecular complexity index is 3470. The number of benzene rings is 6. The van der Waals surface area contributed by atoms with Gasteiger partial charge in [-0.3, -0.25) is 0 Å². The average Bonchev–Trinajstić information content (AvgIpc) is 3.93. The minimum absolute atomic E-state index is 0. The first-order valence-corrected chi connectivity index (χ1v) is 26.8. The van der Waals surface area contributed by atoms with Crippen molar-refractivity contribution in [3.63, 3.8) is 0 Å². The number of pyridine rings is 2. The van der Waals surface area contributed by atoms with E-state index in [0.29, 0.717) is 5.56 Å². The van der Waals surface area contributed by atoms with Gasteiger partial charge in [-0.15, -0.1) is 53.6 Å². The van der Waals surface area contributed by atoms with Crippen LogP contribution in [-0.2, 0) is 32.6 Å². The van der Waals surface area contributed by atoms with Gasteiger partial charge in [-0.05, 0) is 80.9 Å². The number of hydrogen-bond acceptors (Lipinski definition) is 3. The van der Waals surface area contributed by atoms with Crippen molar-refractivity contribution in [3.05, 3.63) is 198 Å². The molecular weight excluding hydrogens is 1030 g/mol. The van der Waals surface area contributed by atoms with Gasteiger partial charge in [0, 0.05) is 52.3 Å². The zero-order chi connectivity index (χ0) is 49.7. The van der Waals surface area contributed by atoms with Crippen LogP contribution in [0.1, 0.15) is 85.3 Å². The van der Waals surface area contributed by atoms with Crippen LogP contribution in [0.15, 0.2) is 162 Å². The molecule has 10 aromatic rings. The summed E-state index contributed by atoms with van der Waals surface area (Å²) in [7, 11) is 0.470. The van der Waals surface area contributed by atoms with Crippen LogP contribution in [0.5, 0.6) is 0 Å². The predicted octanol–water partition coefficient (Wildman–Crippen LogP) is 14.9. The molecule has 10 rings (SSSR count). The molecule has 0 unspecified atom stereocenters. The molecule has 0 atom stereocenters. The Balaban J connectivity index is 0.000000200. The molecule has 345 valence electrons. The summed E-state index contributed by atoms with van der Waals surface area (Å²) in [5.41, 5.74) is 15.1. The molecule has 0 bridgehead atoms. The third-order valence-electron chi connectivity index (χ3n) is 13.1. The standard InChI is InChI=1S/C37H33N3O.C24H28NSi.Ir/c1-23(2)30-21-26(25-13-7-6-8-14-25)22-31(24(3)4)34(30)40-36(38-32-18-12-20-39(5)37(32)40)29-17-11-16-28-27-15-9-10-19-33(27)41-35(28)29;1-18-12-14-19(15-13-18)22-16-21(23(17-25-22)26(4,5)6)24(2,3)20-10-8-7-9-11-20;/h6-16,18-24H,1-5H3;7-14,16-17H,1-6H3;/q;-1;/i;1D3;. The summed E-state index contributed by atoms with van der Waals surface area (Å²) in [6.07, 6.45) is 4.12. The number of nitrogens with zero attached hydrogens (tertiary/aromatic N) is 4. The van der Waals surface area contributed by atoms with Gasteiger partial charge >= 0.3 is 5.65 Å².